The third kappa shape index (κ3) is 7.97. The van der Waals surface area contributed by atoms with Crippen LogP contribution < -0.4 is 5.32 Å². The fourth-order valence-electron chi connectivity index (χ4n) is 5.12. The van der Waals surface area contributed by atoms with E-state index in [1.807, 2.05) is 46.8 Å². The van der Waals surface area contributed by atoms with E-state index >= 15 is 0 Å². The number of rotatable bonds is 10. The van der Waals surface area contributed by atoms with Crippen molar-refractivity contribution in [3.63, 3.8) is 0 Å². The molecule has 8 atom stereocenters. The van der Waals surface area contributed by atoms with Gasteiger partial charge in [-0.3, -0.25) is 4.79 Å². The number of hydrogen-bond donors (Lipinski definition) is 2. The van der Waals surface area contributed by atoms with Gasteiger partial charge >= 0.3 is 0 Å². The molecule has 1 amide bonds. The van der Waals surface area contributed by atoms with Gasteiger partial charge in [0.15, 0.2) is 0 Å². The van der Waals surface area contributed by atoms with Crippen molar-refractivity contribution in [3.8, 4) is 0 Å². The monoisotopic (exact) mass is 507 g/mol. The molecule has 3 aliphatic heterocycles. The number of carbonyl (C=O) groups excluding carboxylic acids is 1. The maximum atomic E-state index is 12.4. The zero-order valence-corrected chi connectivity index (χ0v) is 22.9. The van der Waals surface area contributed by atoms with Crippen LogP contribution in [0.5, 0.6) is 0 Å². The molecule has 36 heavy (non-hydrogen) atoms. The SMILES string of the molecule is COCO[C@@H](C)/C=C\C(=O)N[C@@H]1C[C@H](C)[C@H](C/C=C(C)/C=C/[C@H]2OC(C)(C)C[C@@]3(CO3)[C@@H]2O)O[C@@H]1C. The first kappa shape index (κ1) is 29.0. The highest BCUT2D eigenvalue weighted by molar-refractivity contribution is 5.87. The number of amides is 1. The minimum atomic E-state index is -0.653. The van der Waals surface area contributed by atoms with Crippen molar-refractivity contribution in [2.75, 3.05) is 20.5 Å². The highest BCUT2D eigenvalue weighted by atomic mass is 16.7. The molecule has 0 radical (unpaired) electrons. The Balaban J connectivity index is 1.48. The molecule has 8 heteroatoms. The Morgan fingerprint density at radius 2 is 2.00 bits per heavy atom. The van der Waals surface area contributed by atoms with Crippen LogP contribution in [0.2, 0.25) is 0 Å². The van der Waals surface area contributed by atoms with Crippen molar-refractivity contribution < 1.29 is 33.6 Å². The predicted molar refractivity (Wildman–Crippen MR) is 137 cm³/mol. The summed E-state index contributed by atoms with van der Waals surface area (Å²) in [7, 11) is 1.56. The minimum Gasteiger partial charge on any atom is -0.387 e. The number of allylic oxidation sites excluding steroid dienone is 2. The fraction of sp³-hybridized carbons (Fsp3) is 0.750. The van der Waals surface area contributed by atoms with E-state index in [4.69, 9.17) is 23.7 Å². The first-order valence-electron chi connectivity index (χ1n) is 13.0. The van der Waals surface area contributed by atoms with Crippen molar-refractivity contribution in [1.29, 1.82) is 0 Å². The highest BCUT2D eigenvalue weighted by Gasteiger charge is 2.60. The van der Waals surface area contributed by atoms with Gasteiger partial charge in [-0.1, -0.05) is 36.8 Å². The van der Waals surface area contributed by atoms with E-state index in [0.717, 1.165) is 18.4 Å². The molecule has 8 nitrogen and oxygen atoms in total. The van der Waals surface area contributed by atoms with Crippen LogP contribution in [-0.2, 0) is 28.5 Å². The van der Waals surface area contributed by atoms with Gasteiger partial charge < -0.3 is 34.1 Å². The zero-order valence-electron chi connectivity index (χ0n) is 22.9. The summed E-state index contributed by atoms with van der Waals surface area (Å²) < 4.78 is 28.2. The number of aliphatic hydroxyl groups is 1. The third-order valence-electron chi connectivity index (χ3n) is 7.28. The summed E-state index contributed by atoms with van der Waals surface area (Å²) in [5.74, 6) is 0.146. The molecule has 0 saturated carbocycles. The standard InChI is InChI=1S/C28H45NO7/c1-18(9-12-24-26(31)28(16-34-28)15-27(5,6)36-24)8-11-23-19(2)14-22(21(4)35-23)29-25(30)13-10-20(3)33-17-32-7/h8-10,12-13,19-24,26,31H,11,14-17H2,1-7H3,(H,29,30)/b12-9+,13-10-,18-8+/t19-,20-,21+,22+,23-,24+,26+,28+/m0/s1. The summed E-state index contributed by atoms with van der Waals surface area (Å²) in [6, 6.07) is -0.0428. The lowest BCUT2D eigenvalue weighted by molar-refractivity contribution is -0.171. The van der Waals surface area contributed by atoms with Gasteiger partial charge in [0, 0.05) is 19.6 Å². The average Bonchev–Trinajstić information content (AvgIpc) is 3.58. The maximum absolute atomic E-state index is 12.4. The molecule has 204 valence electrons. The highest BCUT2D eigenvalue weighted by Crippen LogP contribution is 2.46. The van der Waals surface area contributed by atoms with Crippen LogP contribution in [0.25, 0.3) is 0 Å². The maximum Gasteiger partial charge on any atom is 0.244 e. The first-order valence-corrected chi connectivity index (χ1v) is 13.0. The Kier molecular flexibility index (Phi) is 9.94. The van der Waals surface area contributed by atoms with Gasteiger partial charge in [-0.2, -0.15) is 0 Å². The molecule has 1 spiro atoms. The molecule has 0 unspecified atom stereocenters. The van der Waals surface area contributed by atoms with Crippen LogP contribution in [0.1, 0.15) is 60.8 Å². The molecule has 0 aliphatic carbocycles. The smallest absolute Gasteiger partial charge is 0.244 e. The molecule has 0 aromatic carbocycles. The summed E-state index contributed by atoms with van der Waals surface area (Å²) in [5, 5.41) is 13.8. The topological polar surface area (TPSA) is 98.8 Å². The summed E-state index contributed by atoms with van der Waals surface area (Å²) >= 11 is 0. The molecule has 2 N–H and O–H groups in total. The average molecular weight is 508 g/mol. The minimum absolute atomic E-state index is 0.0428. The quantitative estimate of drug-likeness (QED) is 0.202. The van der Waals surface area contributed by atoms with E-state index in [0.29, 0.717) is 18.9 Å². The van der Waals surface area contributed by atoms with E-state index in [1.54, 1.807) is 13.2 Å². The van der Waals surface area contributed by atoms with E-state index in [-0.39, 0.29) is 42.7 Å². The number of carbonyl (C=O) groups is 1. The molecule has 3 saturated heterocycles. The Bertz CT molecular complexity index is 832. The number of epoxide rings is 1. The molecule has 0 aromatic heterocycles. The second-order valence-electron chi connectivity index (χ2n) is 11.2. The van der Waals surface area contributed by atoms with Crippen molar-refractivity contribution >= 4 is 5.91 Å². The van der Waals surface area contributed by atoms with E-state index in [1.165, 1.54) is 6.08 Å². The van der Waals surface area contributed by atoms with Crippen molar-refractivity contribution in [2.24, 2.45) is 5.92 Å². The van der Waals surface area contributed by atoms with Crippen molar-refractivity contribution in [3.05, 3.63) is 36.0 Å². The molecule has 0 aromatic rings. The van der Waals surface area contributed by atoms with Gasteiger partial charge in [0.1, 0.15) is 24.6 Å². The van der Waals surface area contributed by atoms with Crippen LogP contribution in [0.15, 0.2) is 36.0 Å². The fourth-order valence-corrected chi connectivity index (χ4v) is 5.12. The number of aliphatic hydroxyl groups excluding tert-OH is 1. The van der Waals surface area contributed by atoms with Crippen molar-refractivity contribution in [1.82, 2.24) is 5.32 Å². The number of methoxy groups -OCH3 is 1. The van der Waals surface area contributed by atoms with Crippen LogP contribution in [0.3, 0.4) is 0 Å². The molecule has 0 bridgehead atoms. The number of hydrogen-bond acceptors (Lipinski definition) is 7. The van der Waals surface area contributed by atoms with E-state index < -0.39 is 17.8 Å². The second-order valence-corrected chi connectivity index (χ2v) is 11.2. The van der Waals surface area contributed by atoms with Crippen LogP contribution in [0.4, 0.5) is 0 Å². The van der Waals surface area contributed by atoms with Crippen LogP contribution >= 0.6 is 0 Å². The van der Waals surface area contributed by atoms with E-state index in [2.05, 4.69) is 18.3 Å². The zero-order chi connectivity index (χ0) is 26.5. The lowest BCUT2D eigenvalue weighted by Crippen LogP contribution is -2.53. The predicted octanol–water partition coefficient (Wildman–Crippen LogP) is 3.44. The first-order chi connectivity index (χ1) is 16.9. The summed E-state index contributed by atoms with van der Waals surface area (Å²) in [5.41, 5.74) is 0.309. The molecule has 3 aliphatic rings. The Morgan fingerprint density at radius 3 is 2.67 bits per heavy atom. The Labute approximate surface area is 216 Å². The molecule has 3 heterocycles. The van der Waals surface area contributed by atoms with Gasteiger partial charge in [0.25, 0.3) is 0 Å². The van der Waals surface area contributed by atoms with E-state index in [9.17, 15) is 9.90 Å². The van der Waals surface area contributed by atoms with Gasteiger partial charge in [-0.15, -0.1) is 0 Å². The van der Waals surface area contributed by atoms with Gasteiger partial charge in [-0.25, -0.2) is 0 Å². The molecule has 3 rings (SSSR count). The Morgan fingerprint density at radius 1 is 1.28 bits per heavy atom. The molecular weight excluding hydrogens is 462 g/mol. The van der Waals surface area contributed by atoms with Gasteiger partial charge in [0.2, 0.25) is 5.91 Å². The number of ether oxygens (including phenoxy) is 5. The number of nitrogens with one attached hydrogen (secondary N) is 1. The second kappa shape index (κ2) is 12.3. The van der Waals surface area contributed by atoms with Crippen LogP contribution in [0, 0.1) is 5.92 Å². The lowest BCUT2D eigenvalue weighted by atomic mass is 9.83. The van der Waals surface area contributed by atoms with Crippen LogP contribution in [-0.4, -0.2) is 79.3 Å². The molecule has 3 fully saturated rings. The normalized spacial score (nSPS) is 37.5. The summed E-state index contributed by atoms with van der Waals surface area (Å²) in [6.45, 7) is 12.9. The summed E-state index contributed by atoms with van der Waals surface area (Å²) in [4.78, 5) is 12.4. The third-order valence-corrected chi connectivity index (χ3v) is 7.28. The van der Waals surface area contributed by atoms with Gasteiger partial charge in [0.05, 0.1) is 36.6 Å². The van der Waals surface area contributed by atoms with Crippen molar-refractivity contribution in [2.45, 2.75) is 109 Å². The largest absolute Gasteiger partial charge is 0.387 e. The summed E-state index contributed by atoms with van der Waals surface area (Å²) in [6.07, 6.45) is 10.4. The Hall–Kier alpha value is -1.55. The lowest BCUT2D eigenvalue weighted by Gasteiger charge is -2.41. The van der Waals surface area contributed by atoms with Gasteiger partial charge in [-0.05, 0) is 53.4 Å². The molecular formula is C28H45NO7.